The molecular formula is C16H23NO5S2. The molecular weight excluding hydrogens is 350 g/mol. The summed E-state index contributed by atoms with van der Waals surface area (Å²) in [5.41, 5.74) is 0.665. The van der Waals surface area contributed by atoms with Crippen LogP contribution in [0.2, 0.25) is 0 Å². The van der Waals surface area contributed by atoms with Gasteiger partial charge in [0.1, 0.15) is 4.75 Å². The first-order chi connectivity index (χ1) is 11.2. The fraction of sp³-hybridized carbons (Fsp3) is 0.625. The third-order valence-corrected chi connectivity index (χ3v) is 9.78. The monoisotopic (exact) mass is 373 g/mol. The van der Waals surface area contributed by atoms with Crippen LogP contribution in [0.15, 0.2) is 29.2 Å². The second-order valence-corrected chi connectivity index (χ2v) is 10.9. The minimum Gasteiger partial charge on any atom is -0.381 e. The van der Waals surface area contributed by atoms with Crippen molar-refractivity contribution in [1.29, 1.82) is 0 Å². The minimum absolute atomic E-state index is 0.0315. The van der Waals surface area contributed by atoms with Crippen LogP contribution >= 0.6 is 0 Å². The zero-order valence-corrected chi connectivity index (χ0v) is 15.6. The Bertz CT molecular complexity index is 826. The van der Waals surface area contributed by atoms with Crippen LogP contribution in [0.25, 0.3) is 0 Å². The molecule has 8 heteroatoms. The Kier molecular flexibility index (Phi) is 4.53. The number of nitrogens with zero attached hydrogens (tertiary/aromatic N) is 1. The molecule has 1 aromatic carbocycles. The van der Waals surface area contributed by atoms with Gasteiger partial charge in [0.05, 0.1) is 17.3 Å². The number of hydrogen-bond acceptors (Lipinski definition) is 5. The summed E-state index contributed by atoms with van der Waals surface area (Å²) < 4.78 is 56.4. The van der Waals surface area contributed by atoms with E-state index in [1.807, 2.05) is 6.92 Å². The summed E-state index contributed by atoms with van der Waals surface area (Å²) in [6, 6.07) is 6.77. The Labute approximate surface area is 143 Å². The highest BCUT2D eigenvalue weighted by Gasteiger charge is 2.63. The van der Waals surface area contributed by atoms with Gasteiger partial charge in [-0.3, -0.25) is 0 Å². The fourth-order valence-corrected chi connectivity index (χ4v) is 8.04. The number of ether oxygens (including phenoxy) is 1. The number of aryl methyl sites for hydroxylation is 1. The van der Waals surface area contributed by atoms with Gasteiger partial charge in [0, 0.05) is 25.6 Å². The van der Waals surface area contributed by atoms with Crippen molar-refractivity contribution in [2.45, 2.75) is 29.9 Å². The van der Waals surface area contributed by atoms with E-state index in [1.165, 1.54) is 4.31 Å². The summed E-state index contributed by atoms with van der Waals surface area (Å²) in [5, 5.41) is 0. The first kappa shape index (κ1) is 17.8. The van der Waals surface area contributed by atoms with E-state index in [0.717, 1.165) is 0 Å². The maximum atomic E-state index is 12.8. The van der Waals surface area contributed by atoms with Crippen LogP contribution in [0.5, 0.6) is 0 Å². The summed E-state index contributed by atoms with van der Waals surface area (Å²) in [7, 11) is -6.96. The number of benzene rings is 1. The smallest absolute Gasteiger partial charge is 0.243 e. The Hall–Kier alpha value is -0.960. The molecule has 24 heavy (non-hydrogen) atoms. The van der Waals surface area contributed by atoms with Gasteiger partial charge in [-0.25, -0.2) is 16.8 Å². The average Bonchev–Trinajstić information content (AvgIpc) is 2.74. The lowest BCUT2D eigenvalue weighted by Gasteiger charge is -2.48. The quantitative estimate of drug-likeness (QED) is 0.775. The molecule has 2 aliphatic heterocycles. The molecule has 1 atom stereocenters. The van der Waals surface area contributed by atoms with Crippen LogP contribution in [-0.4, -0.2) is 57.9 Å². The van der Waals surface area contributed by atoms with Crippen LogP contribution in [0.4, 0.5) is 0 Å². The molecule has 0 radical (unpaired) electrons. The van der Waals surface area contributed by atoms with Crippen molar-refractivity contribution >= 4 is 19.9 Å². The summed E-state index contributed by atoms with van der Waals surface area (Å²) in [4.78, 5) is 0.247. The first-order valence-electron chi connectivity index (χ1n) is 8.10. The van der Waals surface area contributed by atoms with E-state index in [2.05, 4.69) is 0 Å². The van der Waals surface area contributed by atoms with Crippen molar-refractivity contribution in [3.8, 4) is 0 Å². The second kappa shape index (κ2) is 6.09. The molecule has 3 rings (SSSR count). The first-order valence-corrected chi connectivity index (χ1v) is 11.2. The Morgan fingerprint density at radius 2 is 1.96 bits per heavy atom. The number of hydrogen-bond donors (Lipinski definition) is 0. The highest BCUT2D eigenvalue weighted by atomic mass is 32.2. The lowest BCUT2D eigenvalue weighted by atomic mass is 9.85. The fourth-order valence-electron chi connectivity index (χ4n) is 3.67. The summed E-state index contributed by atoms with van der Waals surface area (Å²) in [6.07, 6.45) is 0.542. The van der Waals surface area contributed by atoms with Crippen molar-refractivity contribution < 1.29 is 21.6 Å². The van der Waals surface area contributed by atoms with E-state index in [0.29, 0.717) is 25.2 Å². The highest BCUT2D eigenvalue weighted by Crippen LogP contribution is 2.46. The lowest BCUT2D eigenvalue weighted by molar-refractivity contribution is 0.0637. The molecule has 2 aliphatic rings. The van der Waals surface area contributed by atoms with Gasteiger partial charge in [-0.1, -0.05) is 18.2 Å². The molecule has 1 spiro atoms. The predicted octanol–water partition coefficient (Wildman–Crippen LogP) is 1.21. The molecule has 2 heterocycles. The molecule has 0 aliphatic carbocycles. The van der Waals surface area contributed by atoms with Crippen LogP contribution < -0.4 is 0 Å². The molecule has 0 N–H and O–H groups in total. The topological polar surface area (TPSA) is 80.8 Å². The Morgan fingerprint density at radius 3 is 2.58 bits per heavy atom. The molecule has 2 fully saturated rings. The van der Waals surface area contributed by atoms with Crippen molar-refractivity contribution in [1.82, 2.24) is 4.31 Å². The Balaban J connectivity index is 1.86. The predicted molar refractivity (Wildman–Crippen MR) is 91.1 cm³/mol. The van der Waals surface area contributed by atoms with Crippen molar-refractivity contribution in [3.63, 3.8) is 0 Å². The van der Waals surface area contributed by atoms with E-state index in [9.17, 15) is 16.8 Å². The van der Waals surface area contributed by atoms with E-state index in [1.54, 1.807) is 31.2 Å². The second-order valence-electron chi connectivity index (χ2n) is 6.57. The highest BCUT2D eigenvalue weighted by molar-refractivity contribution is 7.93. The SMILES string of the molecule is CCOC[C@@H]1CCS(=O)(=O)C12CN(S(=O)(=O)c1ccccc1C)C2. The zero-order chi connectivity index (χ0) is 17.6. The van der Waals surface area contributed by atoms with Gasteiger partial charge in [-0.15, -0.1) is 0 Å². The molecule has 2 saturated heterocycles. The van der Waals surface area contributed by atoms with Gasteiger partial charge < -0.3 is 4.74 Å². The van der Waals surface area contributed by atoms with Crippen molar-refractivity contribution in [3.05, 3.63) is 29.8 Å². The third-order valence-electron chi connectivity index (χ3n) is 5.22. The molecule has 0 aromatic heterocycles. The summed E-state index contributed by atoms with van der Waals surface area (Å²) in [6.45, 7) is 4.57. The maximum absolute atomic E-state index is 12.8. The number of rotatable bonds is 5. The Morgan fingerprint density at radius 1 is 1.29 bits per heavy atom. The largest absolute Gasteiger partial charge is 0.381 e. The van der Waals surface area contributed by atoms with Gasteiger partial charge in [0.15, 0.2) is 9.84 Å². The van der Waals surface area contributed by atoms with Crippen LogP contribution in [0.3, 0.4) is 0 Å². The molecule has 0 unspecified atom stereocenters. The van der Waals surface area contributed by atoms with E-state index in [4.69, 9.17) is 4.74 Å². The molecule has 134 valence electrons. The average molecular weight is 373 g/mol. The standard InChI is InChI=1S/C16H23NO5S2/c1-3-22-10-14-8-9-23(18,19)16(14)11-17(12-16)24(20,21)15-7-5-4-6-13(15)2/h4-7,14H,3,8-12H2,1-2H3/t14-/m0/s1. The van der Waals surface area contributed by atoms with Gasteiger partial charge in [-0.05, 0) is 31.9 Å². The lowest BCUT2D eigenvalue weighted by Crippen LogP contribution is -2.68. The van der Waals surface area contributed by atoms with Gasteiger partial charge >= 0.3 is 0 Å². The molecule has 0 saturated carbocycles. The van der Waals surface area contributed by atoms with Crippen LogP contribution in [0, 0.1) is 12.8 Å². The molecule has 6 nitrogen and oxygen atoms in total. The summed E-state index contributed by atoms with van der Waals surface area (Å²) >= 11 is 0. The normalized spacial score (nSPS) is 25.7. The minimum atomic E-state index is -3.66. The number of sulfonamides is 1. The van der Waals surface area contributed by atoms with E-state index >= 15 is 0 Å². The van der Waals surface area contributed by atoms with Gasteiger partial charge in [0.2, 0.25) is 10.0 Å². The van der Waals surface area contributed by atoms with Gasteiger partial charge in [-0.2, -0.15) is 4.31 Å². The van der Waals surface area contributed by atoms with E-state index < -0.39 is 24.6 Å². The van der Waals surface area contributed by atoms with Gasteiger partial charge in [0.25, 0.3) is 0 Å². The third kappa shape index (κ3) is 2.60. The molecule has 1 aromatic rings. The van der Waals surface area contributed by atoms with Crippen molar-refractivity contribution in [2.24, 2.45) is 5.92 Å². The van der Waals surface area contributed by atoms with Crippen LogP contribution in [0.1, 0.15) is 18.9 Å². The van der Waals surface area contributed by atoms with Crippen LogP contribution in [-0.2, 0) is 24.6 Å². The zero-order valence-electron chi connectivity index (χ0n) is 13.9. The summed E-state index contributed by atoms with van der Waals surface area (Å²) in [5.74, 6) is -0.0195. The van der Waals surface area contributed by atoms with E-state index in [-0.39, 0.29) is 29.7 Å². The van der Waals surface area contributed by atoms with Crippen molar-refractivity contribution in [2.75, 3.05) is 32.1 Å². The molecule has 0 amide bonds. The molecule has 0 bridgehead atoms. The maximum Gasteiger partial charge on any atom is 0.243 e. The number of sulfone groups is 1.